The molecule has 0 atom stereocenters. The summed E-state index contributed by atoms with van der Waals surface area (Å²) < 4.78 is 0. The lowest BCUT2D eigenvalue weighted by Crippen LogP contribution is -2.36. The summed E-state index contributed by atoms with van der Waals surface area (Å²) in [5.74, 6) is 0.397. The highest BCUT2D eigenvalue weighted by atomic mass is 16.2. The molecule has 3 N–H and O–H groups in total. The van der Waals surface area contributed by atoms with Crippen molar-refractivity contribution in [3.05, 3.63) is 78.3 Å². The Morgan fingerprint density at radius 1 is 1.16 bits per heavy atom. The van der Waals surface area contributed by atoms with Gasteiger partial charge >= 0.3 is 6.03 Å². The van der Waals surface area contributed by atoms with Gasteiger partial charge in [-0.2, -0.15) is 0 Å². The van der Waals surface area contributed by atoms with Gasteiger partial charge in [0.15, 0.2) is 5.82 Å². The first-order valence-electron chi connectivity index (χ1n) is 10.5. The van der Waals surface area contributed by atoms with Crippen molar-refractivity contribution in [2.45, 2.75) is 46.5 Å². The maximum atomic E-state index is 12.9. The lowest BCUT2D eigenvalue weighted by molar-refractivity contribution is 0.223. The fourth-order valence-corrected chi connectivity index (χ4v) is 3.02. The maximum absolute atomic E-state index is 12.9. The van der Waals surface area contributed by atoms with E-state index in [4.69, 9.17) is 5.73 Å². The average molecular weight is 421 g/mol. The molecule has 0 aliphatic carbocycles. The number of hydrogen-bond donors (Lipinski definition) is 2. The highest BCUT2D eigenvalue weighted by molar-refractivity contribution is 5.89. The molecule has 0 aliphatic rings. The van der Waals surface area contributed by atoms with Crippen LogP contribution in [-0.2, 0) is 0 Å². The molecule has 0 aliphatic heterocycles. The number of nitrogens with one attached hydrogen (secondary N) is 1. The van der Waals surface area contributed by atoms with Crippen molar-refractivity contribution < 1.29 is 4.79 Å². The molecule has 7 heteroatoms. The van der Waals surface area contributed by atoms with Crippen LogP contribution in [0.2, 0.25) is 0 Å². The number of nitrogens with zero attached hydrogens (tertiary/aromatic N) is 4. The van der Waals surface area contributed by atoms with Crippen LogP contribution >= 0.6 is 0 Å². The Morgan fingerprint density at radius 2 is 1.94 bits per heavy atom. The quantitative estimate of drug-likeness (QED) is 0.414. The topological polar surface area (TPSA) is 97.0 Å². The van der Waals surface area contributed by atoms with Crippen molar-refractivity contribution in [1.29, 1.82) is 0 Å². The standard InChI is InChI=1S/C24H32N6O/c1-5-6-7-8-15-30(24(31)29-23-17-27-13-14-28-23)20(4)22(25)10-9-18(2)21-16-26-12-11-19(21)3/h9-14,16-17H,2,5-8,15,25H2,1,3-4H3,(H,28,29,31)/b10-9-,22-20-. The zero-order valence-corrected chi connectivity index (χ0v) is 18.6. The largest absolute Gasteiger partial charge is 0.397 e. The zero-order chi connectivity index (χ0) is 22.6. The third kappa shape index (κ3) is 7.37. The van der Waals surface area contributed by atoms with Gasteiger partial charge in [0.05, 0.1) is 11.9 Å². The van der Waals surface area contributed by atoms with Crippen molar-refractivity contribution in [2.75, 3.05) is 11.9 Å². The van der Waals surface area contributed by atoms with Gasteiger partial charge in [0.1, 0.15) is 0 Å². The molecule has 2 aromatic heterocycles. The highest BCUT2D eigenvalue weighted by Crippen LogP contribution is 2.18. The minimum Gasteiger partial charge on any atom is -0.397 e. The number of allylic oxidation sites excluding steroid dienone is 4. The predicted octanol–water partition coefficient (Wildman–Crippen LogP) is 5.05. The Balaban J connectivity index is 2.18. The molecule has 2 aromatic rings. The van der Waals surface area contributed by atoms with E-state index in [1.165, 1.54) is 12.4 Å². The number of nitrogens with two attached hydrogens (primary N) is 1. The number of pyridine rings is 1. The zero-order valence-electron chi connectivity index (χ0n) is 18.6. The minimum atomic E-state index is -0.284. The summed E-state index contributed by atoms with van der Waals surface area (Å²) in [6.07, 6.45) is 15.9. The number of carbonyl (C=O) groups excluding carboxylic acids is 1. The van der Waals surface area contributed by atoms with E-state index >= 15 is 0 Å². The fraction of sp³-hybridized carbons (Fsp3) is 0.333. The van der Waals surface area contributed by atoms with E-state index in [9.17, 15) is 4.79 Å². The van der Waals surface area contributed by atoms with Gasteiger partial charge in [0, 0.05) is 42.6 Å². The number of amides is 2. The van der Waals surface area contributed by atoms with Gasteiger partial charge in [0.2, 0.25) is 0 Å². The third-order valence-electron chi connectivity index (χ3n) is 4.95. The van der Waals surface area contributed by atoms with Crippen LogP contribution in [0.4, 0.5) is 10.6 Å². The smallest absolute Gasteiger partial charge is 0.327 e. The predicted molar refractivity (Wildman–Crippen MR) is 126 cm³/mol. The molecule has 0 bridgehead atoms. The van der Waals surface area contributed by atoms with Crippen LogP contribution in [0.25, 0.3) is 5.57 Å². The van der Waals surface area contributed by atoms with E-state index in [2.05, 4.69) is 33.8 Å². The fourth-order valence-electron chi connectivity index (χ4n) is 3.02. The number of aromatic nitrogens is 3. The van der Waals surface area contributed by atoms with E-state index in [-0.39, 0.29) is 6.03 Å². The first-order chi connectivity index (χ1) is 14.9. The number of unbranched alkanes of at least 4 members (excludes halogenated alkanes) is 3. The van der Waals surface area contributed by atoms with Crippen LogP contribution in [-0.4, -0.2) is 32.4 Å². The Bertz CT molecular complexity index is 936. The van der Waals surface area contributed by atoms with Gasteiger partial charge in [-0.15, -0.1) is 0 Å². The van der Waals surface area contributed by atoms with Gasteiger partial charge in [-0.1, -0.05) is 38.8 Å². The van der Waals surface area contributed by atoms with Gasteiger partial charge in [-0.3, -0.25) is 20.2 Å². The minimum absolute atomic E-state index is 0.284. The number of rotatable bonds is 10. The van der Waals surface area contributed by atoms with Crippen molar-refractivity contribution in [3.63, 3.8) is 0 Å². The molecule has 0 unspecified atom stereocenters. The first-order valence-corrected chi connectivity index (χ1v) is 10.5. The molecule has 2 amide bonds. The molecule has 31 heavy (non-hydrogen) atoms. The van der Waals surface area contributed by atoms with Crippen LogP contribution < -0.4 is 11.1 Å². The lowest BCUT2D eigenvalue weighted by atomic mass is 10.0. The number of anilines is 1. The van der Waals surface area contributed by atoms with Crippen LogP contribution in [0.3, 0.4) is 0 Å². The monoisotopic (exact) mass is 420 g/mol. The van der Waals surface area contributed by atoms with Gasteiger partial charge in [-0.05, 0) is 43.5 Å². The molecular formula is C24H32N6O. The van der Waals surface area contributed by atoms with E-state index in [1.807, 2.05) is 26.0 Å². The molecular weight excluding hydrogens is 388 g/mol. The van der Waals surface area contributed by atoms with Crippen molar-refractivity contribution in [2.24, 2.45) is 5.73 Å². The first kappa shape index (κ1) is 23.8. The van der Waals surface area contributed by atoms with Crippen LogP contribution in [0.15, 0.2) is 67.2 Å². The molecule has 164 valence electrons. The van der Waals surface area contributed by atoms with Crippen molar-refractivity contribution in [3.8, 4) is 0 Å². The van der Waals surface area contributed by atoms with E-state index < -0.39 is 0 Å². The molecule has 2 rings (SSSR count). The van der Waals surface area contributed by atoms with E-state index in [0.717, 1.165) is 42.4 Å². The summed E-state index contributed by atoms with van der Waals surface area (Å²) in [6, 6.07) is 1.65. The summed E-state index contributed by atoms with van der Waals surface area (Å²) in [7, 11) is 0. The second-order valence-corrected chi connectivity index (χ2v) is 7.32. The molecule has 2 heterocycles. The second kappa shape index (κ2) is 12.3. The Hall–Kier alpha value is -3.48. The maximum Gasteiger partial charge on any atom is 0.327 e. The normalized spacial score (nSPS) is 11.8. The number of hydrogen-bond acceptors (Lipinski definition) is 5. The van der Waals surface area contributed by atoms with Gasteiger partial charge < -0.3 is 5.73 Å². The summed E-state index contributed by atoms with van der Waals surface area (Å²) in [6.45, 7) is 10.7. The number of aryl methyl sites for hydroxylation is 1. The SMILES string of the molecule is C=C(/C=C\C(N)=C(/C)N(CCCCCC)C(=O)Nc1cnccn1)c1cnccc1C. The van der Waals surface area contributed by atoms with Crippen LogP contribution in [0.5, 0.6) is 0 Å². The lowest BCUT2D eigenvalue weighted by Gasteiger charge is -2.24. The van der Waals surface area contributed by atoms with Crippen LogP contribution in [0, 0.1) is 6.92 Å². The third-order valence-corrected chi connectivity index (χ3v) is 4.95. The van der Waals surface area contributed by atoms with E-state index in [0.29, 0.717) is 23.8 Å². The van der Waals surface area contributed by atoms with Crippen LogP contribution in [0.1, 0.15) is 50.7 Å². The number of carbonyl (C=O) groups is 1. The Morgan fingerprint density at radius 3 is 2.61 bits per heavy atom. The van der Waals surface area contributed by atoms with E-state index in [1.54, 1.807) is 29.6 Å². The summed E-state index contributed by atoms with van der Waals surface area (Å²) in [4.78, 5) is 26.9. The summed E-state index contributed by atoms with van der Waals surface area (Å²) in [5.41, 5.74) is 10.3. The second-order valence-electron chi connectivity index (χ2n) is 7.32. The van der Waals surface area contributed by atoms with Crippen molar-refractivity contribution in [1.82, 2.24) is 19.9 Å². The molecule has 7 nitrogen and oxygen atoms in total. The highest BCUT2D eigenvalue weighted by Gasteiger charge is 2.17. The molecule has 0 saturated carbocycles. The molecule has 0 saturated heterocycles. The molecule has 0 aromatic carbocycles. The summed E-state index contributed by atoms with van der Waals surface area (Å²) in [5, 5.41) is 2.79. The van der Waals surface area contributed by atoms with Gasteiger partial charge in [-0.25, -0.2) is 9.78 Å². The Labute approximate surface area is 184 Å². The van der Waals surface area contributed by atoms with Crippen molar-refractivity contribution >= 4 is 17.4 Å². The number of urea groups is 1. The van der Waals surface area contributed by atoms with Gasteiger partial charge in [0.25, 0.3) is 0 Å². The molecule has 0 spiro atoms. The molecule has 0 fully saturated rings. The summed E-state index contributed by atoms with van der Waals surface area (Å²) >= 11 is 0. The Kier molecular flexibility index (Phi) is 9.42. The average Bonchev–Trinajstić information content (AvgIpc) is 2.77. The molecule has 0 radical (unpaired) electrons.